The van der Waals surface area contributed by atoms with Crippen LogP contribution >= 0.6 is 22.6 Å². The lowest BCUT2D eigenvalue weighted by Gasteiger charge is -2.13. The number of carbonyl (C=O) groups is 1. The Labute approximate surface area is 207 Å². The van der Waals surface area contributed by atoms with Gasteiger partial charge in [-0.05, 0) is 64.0 Å². The molecule has 0 saturated carbocycles. The number of carbonyl (C=O) groups excluding carboxylic acids is 1. The van der Waals surface area contributed by atoms with E-state index in [4.69, 9.17) is 14.7 Å². The maximum Gasteiger partial charge on any atom is 0.274 e. The molecular weight excluding hydrogens is 558 g/mol. The number of ether oxygens (including phenoxy) is 2. The lowest BCUT2D eigenvalue weighted by molar-refractivity contribution is -0.384. The fraction of sp³-hybridized carbons (Fsp3) is 0.0870. The minimum absolute atomic E-state index is 0.0303. The summed E-state index contributed by atoms with van der Waals surface area (Å²) >= 11 is 2.04. The number of nitro groups is 1. The second kappa shape index (κ2) is 11.2. The fourth-order valence-corrected chi connectivity index (χ4v) is 3.65. The number of halogens is 2. The van der Waals surface area contributed by atoms with Crippen LogP contribution in [-0.4, -0.2) is 24.2 Å². The molecule has 0 radical (unpaired) electrons. The van der Waals surface area contributed by atoms with Gasteiger partial charge < -0.3 is 9.47 Å². The summed E-state index contributed by atoms with van der Waals surface area (Å²) in [5, 5.41) is 23.6. The van der Waals surface area contributed by atoms with Crippen LogP contribution in [-0.2, 0) is 6.61 Å². The highest BCUT2D eigenvalue weighted by Crippen LogP contribution is 2.34. The molecule has 0 spiro atoms. The van der Waals surface area contributed by atoms with E-state index >= 15 is 0 Å². The molecule has 0 heterocycles. The first-order valence-corrected chi connectivity index (χ1v) is 10.7. The van der Waals surface area contributed by atoms with E-state index in [1.807, 2.05) is 22.6 Å². The van der Waals surface area contributed by atoms with Crippen molar-refractivity contribution in [1.82, 2.24) is 5.43 Å². The molecule has 0 bridgehead atoms. The van der Waals surface area contributed by atoms with Crippen LogP contribution in [0.15, 0.2) is 59.7 Å². The molecule has 3 aromatic rings. The molecule has 11 heteroatoms. The van der Waals surface area contributed by atoms with Gasteiger partial charge >= 0.3 is 0 Å². The maximum absolute atomic E-state index is 14.0. The molecule has 0 atom stereocenters. The Morgan fingerprint density at radius 1 is 1.29 bits per heavy atom. The number of hydrogen-bond acceptors (Lipinski definition) is 7. The number of hydrazone groups is 1. The van der Waals surface area contributed by atoms with Gasteiger partial charge in [-0.2, -0.15) is 10.4 Å². The maximum atomic E-state index is 14.0. The molecule has 172 valence electrons. The molecule has 0 aliphatic rings. The van der Waals surface area contributed by atoms with Gasteiger partial charge in [-0.1, -0.05) is 12.1 Å². The van der Waals surface area contributed by atoms with E-state index in [2.05, 4.69) is 10.5 Å². The highest BCUT2D eigenvalue weighted by Gasteiger charge is 2.14. The third-order valence-corrected chi connectivity index (χ3v) is 5.28. The molecule has 9 nitrogen and oxygen atoms in total. The Balaban J connectivity index is 1.71. The van der Waals surface area contributed by atoms with Crippen LogP contribution < -0.4 is 14.9 Å². The highest BCUT2D eigenvalue weighted by atomic mass is 127. The third-order valence-electron chi connectivity index (χ3n) is 4.48. The van der Waals surface area contributed by atoms with E-state index in [1.165, 1.54) is 37.6 Å². The van der Waals surface area contributed by atoms with E-state index in [-0.39, 0.29) is 23.4 Å². The average molecular weight is 574 g/mol. The van der Waals surface area contributed by atoms with Crippen molar-refractivity contribution in [2.75, 3.05) is 7.11 Å². The largest absolute Gasteiger partial charge is 0.493 e. The van der Waals surface area contributed by atoms with Crippen molar-refractivity contribution in [1.29, 1.82) is 5.26 Å². The second-order valence-corrected chi connectivity index (χ2v) is 7.92. The summed E-state index contributed by atoms with van der Waals surface area (Å²) in [6.45, 7) is 0.0910. The normalized spacial score (nSPS) is 10.5. The van der Waals surface area contributed by atoms with Crippen molar-refractivity contribution in [2.24, 2.45) is 5.10 Å². The van der Waals surface area contributed by atoms with Crippen molar-refractivity contribution in [3.05, 3.63) is 96.4 Å². The molecule has 0 aromatic heterocycles. The summed E-state index contributed by atoms with van der Waals surface area (Å²) in [5.74, 6) is -0.760. The molecule has 3 aromatic carbocycles. The molecule has 1 amide bonds. The molecule has 1 N–H and O–H groups in total. The second-order valence-electron chi connectivity index (χ2n) is 6.76. The van der Waals surface area contributed by atoms with Crippen molar-refractivity contribution in [2.45, 2.75) is 6.61 Å². The van der Waals surface area contributed by atoms with Crippen molar-refractivity contribution < 1.29 is 23.6 Å². The zero-order valence-corrected chi connectivity index (χ0v) is 19.8. The van der Waals surface area contributed by atoms with Crippen LogP contribution in [0.3, 0.4) is 0 Å². The van der Waals surface area contributed by atoms with Crippen LogP contribution in [0.5, 0.6) is 11.5 Å². The fourth-order valence-electron chi connectivity index (χ4n) is 2.86. The minimum Gasteiger partial charge on any atom is -0.493 e. The summed E-state index contributed by atoms with van der Waals surface area (Å²) < 4.78 is 25.9. The lowest BCUT2D eigenvalue weighted by Crippen LogP contribution is -2.19. The minimum atomic E-state index is -0.826. The first-order chi connectivity index (χ1) is 16.3. The van der Waals surface area contributed by atoms with Crippen LogP contribution in [0.25, 0.3) is 0 Å². The van der Waals surface area contributed by atoms with Gasteiger partial charge in [-0.15, -0.1) is 0 Å². The zero-order valence-electron chi connectivity index (χ0n) is 17.6. The summed E-state index contributed by atoms with van der Waals surface area (Å²) in [7, 11) is 1.46. The van der Waals surface area contributed by atoms with Gasteiger partial charge in [0.2, 0.25) is 0 Å². The van der Waals surface area contributed by atoms with Crippen LogP contribution in [0, 0.1) is 30.8 Å². The molecule has 0 aliphatic carbocycles. The molecule has 0 fully saturated rings. The SMILES string of the molecule is COc1cc(/C=N\NC(=O)c2ccc(C#N)cc2F)cc(I)c1OCc1cccc([N+](=O)[O-])c1. The number of hydrogen-bond donors (Lipinski definition) is 1. The first kappa shape index (κ1) is 24.6. The number of nitro benzene ring substituents is 1. The predicted molar refractivity (Wildman–Crippen MR) is 129 cm³/mol. The van der Waals surface area contributed by atoms with Gasteiger partial charge in [0, 0.05) is 12.1 Å². The van der Waals surface area contributed by atoms with E-state index in [1.54, 1.807) is 30.3 Å². The number of nitrogens with one attached hydrogen (secondary N) is 1. The van der Waals surface area contributed by atoms with Crippen molar-refractivity contribution in [3.63, 3.8) is 0 Å². The molecule has 0 saturated heterocycles. The molecule has 0 aliphatic heterocycles. The summed E-state index contributed by atoms with van der Waals surface area (Å²) in [4.78, 5) is 22.6. The Kier molecular flexibility index (Phi) is 8.10. The van der Waals surface area contributed by atoms with E-state index < -0.39 is 16.6 Å². The third kappa shape index (κ3) is 6.04. The molecule has 34 heavy (non-hydrogen) atoms. The van der Waals surface area contributed by atoms with Crippen LogP contribution in [0.4, 0.5) is 10.1 Å². The van der Waals surface area contributed by atoms with Crippen LogP contribution in [0.2, 0.25) is 0 Å². The Bertz CT molecular complexity index is 1320. The summed E-state index contributed by atoms with van der Waals surface area (Å²) in [6.07, 6.45) is 1.36. The number of rotatable bonds is 8. The smallest absolute Gasteiger partial charge is 0.274 e. The van der Waals surface area contributed by atoms with E-state index in [9.17, 15) is 19.3 Å². The monoisotopic (exact) mass is 574 g/mol. The van der Waals surface area contributed by atoms with Gasteiger partial charge in [0.05, 0.1) is 39.0 Å². The topological polar surface area (TPSA) is 127 Å². The van der Waals surface area contributed by atoms with Gasteiger partial charge in [0.15, 0.2) is 11.5 Å². The molecule has 3 rings (SSSR count). The van der Waals surface area contributed by atoms with Gasteiger partial charge in [-0.3, -0.25) is 14.9 Å². The Hall–Kier alpha value is -4.05. The number of nitrogens with zero attached hydrogens (tertiary/aromatic N) is 3. The molecule has 0 unspecified atom stereocenters. The predicted octanol–water partition coefficient (Wildman–Crippen LogP) is 4.56. The van der Waals surface area contributed by atoms with Gasteiger partial charge in [-0.25, -0.2) is 9.82 Å². The van der Waals surface area contributed by atoms with E-state index in [0.717, 1.165) is 6.07 Å². The highest BCUT2D eigenvalue weighted by molar-refractivity contribution is 14.1. The van der Waals surface area contributed by atoms with Crippen molar-refractivity contribution >= 4 is 40.4 Å². The Morgan fingerprint density at radius 3 is 2.76 bits per heavy atom. The van der Waals surface area contributed by atoms with E-state index in [0.29, 0.717) is 26.2 Å². The number of nitriles is 1. The Morgan fingerprint density at radius 2 is 2.09 bits per heavy atom. The lowest BCUT2D eigenvalue weighted by atomic mass is 10.1. The summed E-state index contributed by atoms with van der Waals surface area (Å²) in [6, 6.07) is 14.8. The standard InChI is InChI=1S/C23H16FIN4O5/c1-33-21-10-16(12-27-28-23(30)18-6-5-14(11-26)8-19(18)24)9-20(25)22(21)34-13-15-3-2-4-17(7-15)29(31)32/h2-10,12H,13H2,1H3,(H,28,30)/b27-12-. The average Bonchev–Trinajstić information content (AvgIpc) is 2.82. The zero-order chi connectivity index (χ0) is 24.7. The number of amides is 1. The number of benzene rings is 3. The van der Waals surface area contributed by atoms with Crippen molar-refractivity contribution in [3.8, 4) is 17.6 Å². The van der Waals surface area contributed by atoms with Gasteiger partial charge in [0.25, 0.3) is 11.6 Å². The quantitative estimate of drug-likeness (QED) is 0.182. The first-order valence-electron chi connectivity index (χ1n) is 9.59. The number of methoxy groups -OCH3 is 1. The van der Waals surface area contributed by atoms with Crippen LogP contribution in [0.1, 0.15) is 27.0 Å². The summed E-state index contributed by atoms with van der Waals surface area (Å²) in [5.41, 5.74) is 3.26. The molecular formula is C23H16FIN4O5. The van der Waals surface area contributed by atoms with Gasteiger partial charge in [0.1, 0.15) is 12.4 Å². The number of non-ortho nitro benzene ring substituents is 1.